The molecule has 0 spiro atoms. The second-order valence-electron chi connectivity index (χ2n) is 5.23. The van der Waals surface area contributed by atoms with E-state index >= 15 is 0 Å². The lowest BCUT2D eigenvalue weighted by Crippen LogP contribution is -2.04. The fraction of sp³-hybridized carbons (Fsp3) is 0.467. The zero-order valence-corrected chi connectivity index (χ0v) is 13.0. The van der Waals surface area contributed by atoms with Gasteiger partial charge in [0, 0.05) is 11.8 Å². The standard InChI is InChI=1S/C15H19N3O2S/c1-10-16-17-15(18(10)12-6-7-12)21-9-14(19)11-4-3-5-13(8-11)20-2/h3-5,8,12,14,19H,6-7,9H2,1-2H3/t14-/m0/s1. The molecule has 0 radical (unpaired) electrons. The third kappa shape index (κ3) is 3.22. The molecule has 1 fully saturated rings. The number of methoxy groups -OCH3 is 1. The highest BCUT2D eigenvalue weighted by atomic mass is 32.2. The van der Waals surface area contributed by atoms with Gasteiger partial charge in [-0.1, -0.05) is 23.9 Å². The van der Waals surface area contributed by atoms with Crippen molar-refractivity contribution in [2.75, 3.05) is 12.9 Å². The second kappa shape index (κ2) is 6.07. The van der Waals surface area contributed by atoms with Gasteiger partial charge in [-0.05, 0) is 37.5 Å². The van der Waals surface area contributed by atoms with Crippen LogP contribution in [0.1, 0.15) is 36.4 Å². The van der Waals surface area contributed by atoms with Gasteiger partial charge in [0.2, 0.25) is 0 Å². The van der Waals surface area contributed by atoms with Crippen LogP contribution in [-0.4, -0.2) is 32.7 Å². The Morgan fingerprint density at radius 1 is 1.43 bits per heavy atom. The van der Waals surface area contributed by atoms with E-state index in [1.54, 1.807) is 18.9 Å². The van der Waals surface area contributed by atoms with Gasteiger partial charge in [0.15, 0.2) is 5.16 Å². The predicted molar refractivity (Wildman–Crippen MR) is 81.7 cm³/mol. The van der Waals surface area contributed by atoms with Crippen LogP contribution in [0.3, 0.4) is 0 Å². The van der Waals surface area contributed by atoms with E-state index in [9.17, 15) is 5.11 Å². The van der Waals surface area contributed by atoms with E-state index in [2.05, 4.69) is 14.8 Å². The molecule has 112 valence electrons. The molecule has 0 saturated heterocycles. The summed E-state index contributed by atoms with van der Waals surface area (Å²) >= 11 is 1.55. The molecule has 3 rings (SSSR count). The van der Waals surface area contributed by atoms with Crippen molar-refractivity contribution in [3.8, 4) is 5.75 Å². The van der Waals surface area contributed by atoms with Crippen LogP contribution in [0.25, 0.3) is 0 Å². The Bertz CT molecular complexity index is 625. The molecule has 1 heterocycles. The van der Waals surface area contributed by atoms with Gasteiger partial charge in [-0.25, -0.2) is 0 Å². The number of aliphatic hydroxyl groups excluding tert-OH is 1. The van der Waals surface area contributed by atoms with Crippen LogP contribution >= 0.6 is 11.8 Å². The molecule has 1 aromatic carbocycles. The lowest BCUT2D eigenvalue weighted by atomic mass is 10.1. The molecule has 21 heavy (non-hydrogen) atoms. The highest BCUT2D eigenvalue weighted by Crippen LogP contribution is 2.39. The molecular formula is C15H19N3O2S. The number of benzene rings is 1. The first-order valence-electron chi connectivity index (χ1n) is 7.05. The van der Waals surface area contributed by atoms with Crippen LogP contribution in [0.2, 0.25) is 0 Å². The molecule has 5 nitrogen and oxygen atoms in total. The Morgan fingerprint density at radius 2 is 2.24 bits per heavy atom. The van der Waals surface area contributed by atoms with Gasteiger partial charge in [0.25, 0.3) is 0 Å². The molecule has 2 aromatic rings. The van der Waals surface area contributed by atoms with Crippen LogP contribution in [-0.2, 0) is 0 Å². The lowest BCUT2D eigenvalue weighted by molar-refractivity contribution is 0.203. The minimum absolute atomic E-state index is 0.547. The molecule has 1 aliphatic carbocycles. The minimum atomic E-state index is -0.547. The Morgan fingerprint density at radius 3 is 2.95 bits per heavy atom. The maximum absolute atomic E-state index is 10.3. The fourth-order valence-electron chi connectivity index (χ4n) is 2.30. The summed E-state index contributed by atoms with van der Waals surface area (Å²) in [6.45, 7) is 1.98. The third-order valence-corrected chi connectivity index (χ3v) is 4.61. The first-order valence-corrected chi connectivity index (χ1v) is 8.04. The molecule has 0 aliphatic heterocycles. The van der Waals surface area contributed by atoms with Crippen LogP contribution in [0.15, 0.2) is 29.4 Å². The zero-order chi connectivity index (χ0) is 14.8. The number of aliphatic hydroxyl groups is 1. The maximum atomic E-state index is 10.3. The maximum Gasteiger partial charge on any atom is 0.191 e. The number of thioether (sulfide) groups is 1. The number of aryl methyl sites for hydroxylation is 1. The van der Waals surface area contributed by atoms with Crippen LogP contribution in [0.4, 0.5) is 0 Å². The molecule has 1 aliphatic rings. The number of rotatable bonds is 6. The summed E-state index contributed by atoms with van der Waals surface area (Å²) in [4.78, 5) is 0. The predicted octanol–water partition coefficient (Wildman–Crippen LogP) is 2.76. The summed E-state index contributed by atoms with van der Waals surface area (Å²) in [5.41, 5.74) is 0.857. The Hall–Kier alpha value is -1.53. The normalized spacial score (nSPS) is 16.0. The molecule has 1 atom stereocenters. The first-order chi connectivity index (χ1) is 10.2. The summed E-state index contributed by atoms with van der Waals surface area (Å²) in [6.07, 6.45) is 1.85. The summed E-state index contributed by atoms with van der Waals surface area (Å²) < 4.78 is 7.37. The number of hydrogen-bond acceptors (Lipinski definition) is 5. The van der Waals surface area contributed by atoms with E-state index in [0.717, 1.165) is 22.3 Å². The first kappa shape index (κ1) is 14.4. The molecule has 0 amide bonds. The van der Waals surface area contributed by atoms with E-state index in [0.29, 0.717) is 11.8 Å². The Labute approximate surface area is 128 Å². The molecule has 1 saturated carbocycles. The van der Waals surface area contributed by atoms with Crippen molar-refractivity contribution in [1.82, 2.24) is 14.8 Å². The Kier molecular flexibility index (Phi) is 4.17. The van der Waals surface area contributed by atoms with Gasteiger partial charge in [-0.15, -0.1) is 10.2 Å². The average Bonchev–Trinajstić information content (AvgIpc) is 3.28. The second-order valence-corrected chi connectivity index (χ2v) is 6.22. The van der Waals surface area contributed by atoms with Gasteiger partial charge in [0.1, 0.15) is 11.6 Å². The van der Waals surface area contributed by atoms with E-state index in [-0.39, 0.29) is 0 Å². The Balaban J connectivity index is 1.67. The van der Waals surface area contributed by atoms with Crippen LogP contribution in [0, 0.1) is 6.92 Å². The zero-order valence-electron chi connectivity index (χ0n) is 12.2. The van der Waals surface area contributed by atoms with Crippen molar-refractivity contribution in [2.45, 2.75) is 37.1 Å². The SMILES string of the molecule is COc1cccc([C@@H](O)CSc2nnc(C)n2C2CC2)c1. The van der Waals surface area contributed by atoms with Crippen LogP contribution in [0.5, 0.6) is 5.75 Å². The van der Waals surface area contributed by atoms with E-state index in [4.69, 9.17) is 4.74 Å². The number of ether oxygens (including phenoxy) is 1. The van der Waals surface area contributed by atoms with Crippen LogP contribution < -0.4 is 4.74 Å². The molecule has 0 unspecified atom stereocenters. The van der Waals surface area contributed by atoms with Gasteiger partial charge >= 0.3 is 0 Å². The summed E-state index contributed by atoms with van der Waals surface area (Å²) in [5.74, 6) is 2.27. The molecule has 1 aromatic heterocycles. The fourth-order valence-corrected chi connectivity index (χ4v) is 3.32. The average molecular weight is 305 g/mol. The van der Waals surface area contributed by atoms with Gasteiger partial charge in [-0.2, -0.15) is 0 Å². The van der Waals surface area contributed by atoms with E-state index in [1.807, 2.05) is 31.2 Å². The lowest BCUT2D eigenvalue weighted by Gasteiger charge is -2.12. The van der Waals surface area contributed by atoms with Crippen molar-refractivity contribution >= 4 is 11.8 Å². The van der Waals surface area contributed by atoms with Gasteiger partial charge in [0.05, 0.1) is 13.2 Å². The topological polar surface area (TPSA) is 60.2 Å². The quantitative estimate of drug-likeness (QED) is 0.832. The molecule has 1 N–H and O–H groups in total. The number of aromatic nitrogens is 3. The van der Waals surface area contributed by atoms with Crippen molar-refractivity contribution < 1.29 is 9.84 Å². The highest BCUT2D eigenvalue weighted by molar-refractivity contribution is 7.99. The van der Waals surface area contributed by atoms with Gasteiger partial charge < -0.3 is 14.4 Å². The van der Waals surface area contributed by atoms with E-state index < -0.39 is 6.10 Å². The van der Waals surface area contributed by atoms with Crippen molar-refractivity contribution in [2.24, 2.45) is 0 Å². The largest absolute Gasteiger partial charge is 0.497 e. The van der Waals surface area contributed by atoms with Crippen molar-refractivity contribution in [3.05, 3.63) is 35.7 Å². The van der Waals surface area contributed by atoms with E-state index in [1.165, 1.54) is 12.8 Å². The monoisotopic (exact) mass is 305 g/mol. The number of hydrogen-bond donors (Lipinski definition) is 1. The van der Waals surface area contributed by atoms with Gasteiger partial charge in [-0.3, -0.25) is 0 Å². The molecule has 6 heteroatoms. The smallest absolute Gasteiger partial charge is 0.191 e. The summed E-state index contributed by atoms with van der Waals surface area (Å²) in [6, 6.07) is 8.08. The summed E-state index contributed by atoms with van der Waals surface area (Å²) in [7, 11) is 1.63. The molecule has 0 bridgehead atoms. The van der Waals surface area contributed by atoms with Crippen molar-refractivity contribution in [3.63, 3.8) is 0 Å². The summed E-state index contributed by atoms with van der Waals surface area (Å²) in [5, 5.41) is 19.6. The third-order valence-electron chi connectivity index (χ3n) is 3.60. The minimum Gasteiger partial charge on any atom is -0.497 e. The molecular weight excluding hydrogens is 286 g/mol. The number of nitrogens with zero attached hydrogens (tertiary/aromatic N) is 3. The van der Waals surface area contributed by atoms with Crippen molar-refractivity contribution in [1.29, 1.82) is 0 Å². The highest BCUT2D eigenvalue weighted by Gasteiger charge is 2.28.